The molecule has 7 heteroatoms. The molecule has 1 saturated heterocycles. The van der Waals surface area contributed by atoms with Gasteiger partial charge in [0.2, 0.25) is 0 Å². The predicted molar refractivity (Wildman–Crippen MR) is 78.7 cm³/mol. The summed E-state index contributed by atoms with van der Waals surface area (Å²) in [4.78, 5) is 10.0. The topological polar surface area (TPSA) is 54.5 Å². The third kappa shape index (κ3) is 3.08. The number of pyridine rings is 1. The van der Waals surface area contributed by atoms with Gasteiger partial charge in [-0.3, -0.25) is 4.99 Å². The van der Waals surface area contributed by atoms with E-state index in [2.05, 4.69) is 9.98 Å². The number of aromatic nitrogens is 1. The van der Waals surface area contributed by atoms with Crippen molar-refractivity contribution in [3.05, 3.63) is 35.7 Å². The number of halogens is 3. The van der Waals surface area contributed by atoms with Gasteiger partial charge in [-0.05, 0) is 31.1 Å². The van der Waals surface area contributed by atoms with Crippen molar-refractivity contribution in [3.63, 3.8) is 0 Å². The lowest BCUT2D eigenvalue weighted by Crippen LogP contribution is -2.36. The van der Waals surface area contributed by atoms with Crippen molar-refractivity contribution in [1.82, 2.24) is 4.98 Å². The Morgan fingerprint density at radius 2 is 1.91 bits per heavy atom. The van der Waals surface area contributed by atoms with E-state index in [0.717, 1.165) is 30.3 Å². The molecule has 0 atom stereocenters. The molecule has 1 aromatic heterocycles. The highest BCUT2D eigenvalue weighted by atomic mass is 19.4. The number of piperidine rings is 1. The molecule has 22 heavy (non-hydrogen) atoms. The summed E-state index contributed by atoms with van der Waals surface area (Å²) in [5.41, 5.74) is 6.68. The van der Waals surface area contributed by atoms with Gasteiger partial charge in [-0.2, -0.15) is 13.2 Å². The lowest BCUT2D eigenvalue weighted by Gasteiger charge is -2.32. The minimum absolute atomic E-state index is 0.336. The van der Waals surface area contributed by atoms with E-state index in [1.165, 1.54) is 6.07 Å². The van der Waals surface area contributed by atoms with E-state index in [-0.39, 0.29) is 0 Å². The Labute approximate surface area is 126 Å². The van der Waals surface area contributed by atoms with Gasteiger partial charge in [0.15, 0.2) is 0 Å². The second-order valence-electron chi connectivity index (χ2n) is 5.60. The molecule has 0 radical (unpaired) electrons. The molecule has 0 amide bonds. The van der Waals surface area contributed by atoms with Gasteiger partial charge in [0.25, 0.3) is 0 Å². The fourth-order valence-corrected chi connectivity index (χ4v) is 2.87. The maximum absolute atomic E-state index is 12.7. The molecule has 4 nitrogen and oxygen atoms in total. The van der Waals surface area contributed by atoms with Gasteiger partial charge in [0.05, 0.1) is 6.54 Å². The van der Waals surface area contributed by atoms with Crippen LogP contribution >= 0.6 is 0 Å². The summed E-state index contributed by atoms with van der Waals surface area (Å²) >= 11 is 0. The molecule has 0 spiro atoms. The maximum Gasteiger partial charge on any atom is 0.433 e. The molecular weight excluding hydrogens is 293 g/mol. The molecule has 3 heterocycles. The first-order valence-electron chi connectivity index (χ1n) is 7.23. The van der Waals surface area contributed by atoms with E-state index >= 15 is 0 Å². The molecule has 0 bridgehead atoms. The summed E-state index contributed by atoms with van der Waals surface area (Å²) in [6.07, 6.45) is -0.792. The third-order valence-corrected chi connectivity index (χ3v) is 4.04. The highest BCUT2D eigenvalue weighted by Crippen LogP contribution is 2.30. The lowest BCUT2D eigenvalue weighted by molar-refractivity contribution is -0.141. The van der Waals surface area contributed by atoms with Crippen molar-refractivity contribution in [2.45, 2.75) is 19.0 Å². The van der Waals surface area contributed by atoms with Crippen LogP contribution in [0.5, 0.6) is 0 Å². The second kappa shape index (κ2) is 5.62. The number of aliphatic imine (C=N–C) groups is 1. The Hall–Kier alpha value is -2.05. The largest absolute Gasteiger partial charge is 0.433 e. The summed E-state index contributed by atoms with van der Waals surface area (Å²) in [6.45, 7) is 1.90. The Morgan fingerprint density at radius 3 is 2.50 bits per heavy atom. The van der Waals surface area contributed by atoms with Crippen LogP contribution < -0.4 is 10.6 Å². The van der Waals surface area contributed by atoms with Crippen LogP contribution in [0.3, 0.4) is 0 Å². The third-order valence-electron chi connectivity index (χ3n) is 4.04. The van der Waals surface area contributed by atoms with Crippen LogP contribution in [-0.4, -0.2) is 30.3 Å². The number of allylic oxidation sites excluding steroid dienone is 1. The van der Waals surface area contributed by atoms with Gasteiger partial charge in [0.1, 0.15) is 11.5 Å². The Balaban J connectivity index is 1.67. The molecule has 1 fully saturated rings. The Kier molecular flexibility index (Phi) is 3.80. The van der Waals surface area contributed by atoms with E-state index in [1.54, 1.807) is 6.07 Å². The minimum atomic E-state index is -4.41. The standard InChI is InChI=1S/C15H17F3N4/c16-15(17,18)13-2-1-3-14(21-13)22-6-4-10(5-7-22)12-8-11(19)9-20-12/h1-3,8,10H,4-7,9,19H2. The molecule has 118 valence electrons. The van der Waals surface area contributed by atoms with Crippen LogP contribution in [0.15, 0.2) is 35.0 Å². The minimum Gasteiger partial charge on any atom is -0.400 e. The van der Waals surface area contributed by atoms with E-state index < -0.39 is 11.9 Å². The number of hydrogen-bond acceptors (Lipinski definition) is 4. The first kappa shape index (κ1) is 14.9. The molecule has 2 N–H and O–H groups in total. The summed E-state index contributed by atoms with van der Waals surface area (Å²) in [5, 5.41) is 0. The van der Waals surface area contributed by atoms with Crippen molar-refractivity contribution in [2.75, 3.05) is 24.5 Å². The molecule has 3 rings (SSSR count). The molecular formula is C15H17F3N4. The normalized spacial score (nSPS) is 20.0. The molecule has 0 unspecified atom stereocenters. The Morgan fingerprint density at radius 1 is 1.18 bits per heavy atom. The first-order chi connectivity index (χ1) is 10.4. The van der Waals surface area contributed by atoms with Crippen LogP contribution in [0.25, 0.3) is 0 Å². The van der Waals surface area contributed by atoms with Gasteiger partial charge >= 0.3 is 6.18 Å². The smallest absolute Gasteiger partial charge is 0.400 e. The SMILES string of the molecule is NC1=CC(C2CCN(c3cccc(C(F)(F)F)n3)CC2)=NC1. The van der Waals surface area contributed by atoms with Crippen LogP contribution in [-0.2, 0) is 6.18 Å². The number of hydrogen-bond donors (Lipinski definition) is 1. The number of rotatable bonds is 2. The van der Waals surface area contributed by atoms with Crippen LogP contribution in [0.1, 0.15) is 18.5 Å². The van der Waals surface area contributed by atoms with E-state index in [1.807, 2.05) is 11.0 Å². The van der Waals surface area contributed by atoms with E-state index in [9.17, 15) is 13.2 Å². The van der Waals surface area contributed by atoms with Crippen molar-refractivity contribution < 1.29 is 13.2 Å². The quantitative estimate of drug-likeness (QED) is 0.913. The molecule has 2 aliphatic heterocycles. The monoisotopic (exact) mass is 310 g/mol. The van der Waals surface area contributed by atoms with Crippen molar-refractivity contribution >= 4 is 11.5 Å². The Bertz CT molecular complexity index is 613. The molecule has 0 aliphatic carbocycles. The fraction of sp³-hybridized carbons (Fsp3) is 0.467. The van der Waals surface area contributed by atoms with Gasteiger partial charge in [0, 0.05) is 30.4 Å². The zero-order valence-electron chi connectivity index (χ0n) is 12.0. The van der Waals surface area contributed by atoms with Crippen molar-refractivity contribution in [2.24, 2.45) is 16.6 Å². The summed E-state index contributed by atoms with van der Waals surface area (Å²) in [6, 6.07) is 4.03. The number of anilines is 1. The average molecular weight is 310 g/mol. The maximum atomic E-state index is 12.7. The summed E-state index contributed by atoms with van der Waals surface area (Å²) < 4.78 is 38.2. The zero-order valence-corrected chi connectivity index (χ0v) is 12.0. The first-order valence-corrected chi connectivity index (χ1v) is 7.23. The molecule has 2 aliphatic rings. The van der Waals surface area contributed by atoms with Crippen LogP contribution in [0, 0.1) is 5.92 Å². The number of nitrogens with two attached hydrogens (primary N) is 1. The number of alkyl halides is 3. The predicted octanol–water partition coefficient (Wildman–Crippen LogP) is 2.61. The molecule has 1 aromatic rings. The van der Waals surface area contributed by atoms with Gasteiger partial charge < -0.3 is 10.6 Å². The fourth-order valence-electron chi connectivity index (χ4n) is 2.87. The number of nitrogens with zero attached hydrogens (tertiary/aromatic N) is 3. The van der Waals surface area contributed by atoms with E-state index in [4.69, 9.17) is 5.73 Å². The lowest BCUT2D eigenvalue weighted by atomic mass is 9.92. The summed E-state index contributed by atoms with van der Waals surface area (Å²) in [5.74, 6) is 0.722. The van der Waals surface area contributed by atoms with Gasteiger partial charge in [-0.1, -0.05) is 6.07 Å². The van der Waals surface area contributed by atoms with Crippen LogP contribution in [0.4, 0.5) is 19.0 Å². The highest BCUT2D eigenvalue weighted by Gasteiger charge is 2.33. The zero-order chi connectivity index (χ0) is 15.7. The molecule has 0 saturated carbocycles. The second-order valence-corrected chi connectivity index (χ2v) is 5.60. The van der Waals surface area contributed by atoms with Crippen molar-refractivity contribution in [1.29, 1.82) is 0 Å². The summed E-state index contributed by atoms with van der Waals surface area (Å²) in [7, 11) is 0. The van der Waals surface area contributed by atoms with E-state index in [0.29, 0.717) is 31.4 Å². The molecule has 0 aromatic carbocycles. The average Bonchev–Trinajstić information content (AvgIpc) is 2.93. The van der Waals surface area contributed by atoms with Gasteiger partial charge in [-0.25, -0.2) is 4.98 Å². The van der Waals surface area contributed by atoms with Gasteiger partial charge in [-0.15, -0.1) is 0 Å². The highest BCUT2D eigenvalue weighted by molar-refractivity contribution is 5.99. The van der Waals surface area contributed by atoms with Crippen molar-refractivity contribution in [3.8, 4) is 0 Å². The van der Waals surface area contributed by atoms with Crippen LogP contribution in [0.2, 0.25) is 0 Å².